The van der Waals surface area contributed by atoms with Gasteiger partial charge in [0.2, 0.25) is 5.91 Å². The number of amides is 2. The fourth-order valence-corrected chi connectivity index (χ4v) is 2.94. The van der Waals surface area contributed by atoms with E-state index in [9.17, 15) is 9.59 Å². The second-order valence-corrected chi connectivity index (χ2v) is 6.99. The Balaban J connectivity index is 1.50. The minimum atomic E-state index is -0.334. The number of rotatable bonds is 8. The van der Waals surface area contributed by atoms with Crippen molar-refractivity contribution in [2.45, 2.75) is 19.8 Å². The molecule has 3 rings (SSSR count). The van der Waals surface area contributed by atoms with Gasteiger partial charge in [0.25, 0.3) is 5.91 Å². The smallest absolute Gasteiger partial charge is 0.273 e. The molecular weight excluding hydrogens is 406 g/mol. The highest BCUT2D eigenvalue weighted by molar-refractivity contribution is 6.30. The summed E-state index contributed by atoms with van der Waals surface area (Å²) in [5.74, 6) is 0.219. The van der Waals surface area contributed by atoms with E-state index in [1.54, 1.807) is 43.0 Å². The molecule has 0 bridgehead atoms. The third kappa shape index (κ3) is 5.36. The molecule has 156 valence electrons. The van der Waals surface area contributed by atoms with Gasteiger partial charge in [-0.05, 0) is 49.7 Å². The Morgan fingerprint density at radius 1 is 1.17 bits per heavy atom. The van der Waals surface area contributed by atoms with Gasteiger partial charge in [0.05, 0.1) is 18.5 Å². The zero-order chi connectivity index (χ0) is 21.5. The highest BCUT2D eigenvalue weighted by Gasteiger charge is 2.17. The first-order valence-electron chi connectivity index (χ1n) is 9.38. The van der Waals surface area contributed by atoms with Crippen LogP contribution in [-0.4, -0.2) is 40.5 Å². The summed E-state index contributed by atoms with van der Waals surface area (Å²) in [4.78, 5) is 24.4. The SMILES string of the molecule is COc1cccc(-n2nnc(C(=O)NCCCC(=O)Nc3ccc(Cl)cc3)c2C)c1. The Morgan fingerprint density at radius 2 is 1.93 bits per heavy atom. The van der Waals surface area contributed by atoms with E-state index in [-0.39, 0.29) is 23.9 Å². The first kappa shape index (κ1) is 21.3. The molecule has 0 saturated carbocycles. The Kier molecular flexibility index (Phi) is 7.03. The number of halogens is 1. The van der Waals surface area contributed by atoms with Crippen LogP contribution in [0.15, 0.2) is 48.5 Å². The van der Waals surface area contributed by atoms with Gasteiger partial charge in [-0.3, -0.25) is 9.59 Å². The number of benzene rings is 2. The largest absolute Gasteiger partial charge is 0.497 e. The second kappa shape index (κ2) is 9.89. The van der Waals surface area contributed by atoms with Crippen molar-refractivity contribution >= 4 is 29.1 Å². The van der Waals surface area contributed by atoms with Crippen molar-refractivity contribution in [3.8, 4) is 11.4 Å². The Bertz CT molecular complexity index is 1030. The number of anilines is 1. The van der Waals surface area contributed by atoms with Gasteiger partial charge in [0.1, 0.15) is 5.75 Å². The van der Waals surface area contributed by atoms with E-state index in [0.29, 0.717) is 35.1 Å². The predicted octanol–water partition coefficient (Wildman–Crippen LogP) is 3.39. The molecule has 0 fully saturated rings. The third-order valence-electron chi connectivity index (χ3n) is 4.40. The van der Waals surface area contributed by atoms with E-state index in [4.69, 9.17) is 16.3 Å². The molecule has 3 aromatic rings. The highest BCUT2D eigenvalue weighted by Crippen LogP contribution is 2.18. The van der Waals surface area contributed by atoms with Gasteiger partial charge in [-0.1, -0.05) is 22.9 Å². The monoisotopic (exact) mass is 427 g/mol. The molecule has 30 heavy (non-hydrogen) atoms. The first-order chi connectivity index (χ1) is 14.5. The molecule has 0 aliphatic carbocycles. The maximum absolute atomic E-state index is 12.4. The summed E-state index contributed by atoms with van der Waals surface area (Å²) in [6.45, 7) is 2.12. The number of nitrogens with zero attached hydrogens (tertiary/aromatic N) is 3. The maximum Gasteiger partial charge on any atom is 0.273 e. The van der Waals surface area contributed by atoms with Gasteiger partial charge < -0.3 is 15.4 Å². The minimum absolute atomic E-state index is 0.133. The van der Waals surface area contributed by atoms with Gasteiger partial charge in [0, 0.05) is 29.7 Å². The quantitative estimate of drug-likeness (QED) is 0.537. The average molecular weight is 428 g/mol. The number of carbonyl (C=O) groups is 2. The second-order valence-electron chi connectivity index (χ2n) is 6.55. The van der Waals surface area contributed by atoms with Crippen LogP contribution in [0, 0.1) is 6.92 Å². The van der Waals surface area contributed by atoms with E-state index in [1.807, 2.05) is 24.3 Å². The lowest BCUT2D eigenvalue weighted by molar-refractivity contribution is -0.116. The van der Waals surface area contributed by atoms with E-state index < -0.39 is 0 Å². The number of aromatic nitrogens is 3. The lowest BCUT2D eigenvalue weighted by Gasteiger charge is -2.07. The van der Waals surface area contributed by atoms with Crippen LogP contribution in [-0.2, 0) is 4.79 Å². The zero-order valence-corrected chi connectivity index (χ0v) is 17.4. The van der Waals surface area contributed by atoms with Crippen molar-refractivity contribution < 1.29 is 14.3 Å². The molecule has 8 nitrogen and oxygen atoms in total. The van der Waals surface area contributed by atoms with Gasteiger partial charge >= 0.3 is 0 Å². The fraction of sp³-hybridized carbons (Fsp3) is 0.238. The number of methoxy groups -OCH3 is 1. The molecule has 2 aromatic carbocycles. The normalized spacial score (nSPS) is 10.5. The van der Waals surface area contributed by atoms with Crippen molar-refractivity contribution in [3.63, 3.8) is 0 Å². The topological polar surface area (TPSA) is 98.1 Å². The lowest BCUT2D eigenvalue weighted by Crippen LogP contribution is -2.26. The molecular formula is C21H22ClN5O3. The summed E-state index contributed by atoms with van der Waals surface area (Å²) in [6.07, 6.45) is 0.770. The third-order valence-corrected chi connectivity index (χ3v) is 4.65. The Labute approximate surface area is 179 Å². The van der Waals surface area contributed by atoms with Crippen molar-refractivity contribution in [1.82, 2.24) is 20.3 Å². The summed E-state index contributed by atoms with van der Waals surface area (Å²) >= 11 is 5.82. The van der Waals surface area contributed by atoms with Crippen molar-refractivity contribution in [3.05, 3.63) is 64.9 Å². The van der Waals surface area contributed by atoms with Gasteiger partial charge in [-0.2, -0.15) is 0 Å². The molecule has 2 amide bonds. The van der Waals surface area contributed by atoms with Gasteiger partial charge in [-0.25, -0.2) is 4.68 Å². The standard InChI is InChI=1S/C21H22ClN5O3/c1-14-20(25-26-27(14)17-5-3-6-18(13-17)30-2)21(29)23-12-4-7-19(28)24-16-10-8-15(22)9-11-16/h3,5-6,8-11,13H,4,7,12H2,1-2H3,(H,23,29)(H,24,28). The number of hydrogen-bond donors (Lipinski definition) is 2. The molecule has 1 aromatic heterocycles. The number of hydrogen-bond acceptors (Lipinski definition) is 5. The molecule has 0 unspecified atom stereocenters. The van der Waals surface area contributed by atoms with E-state index in [0.717, 1.165) is 5.69 Å². The Morgan fingerprint density at radius 3 is 2.67 bits per heavy atom. The molecule has 0 aliphatic heterocycles. The number of ether oxygens (including phenoxy) is 1. The maximum atomic E-state index is 12.4. The first-order valence-corrected chi connectivity index (χ1v) is 9.76. The molecule has 0 aliphatic rings. The van der Waals surface area contributed by atoms with Crippen LogP contribution in [0.3, 0.4) is 0 Å². The Hall–Kier alpha value is -3.39. The fourth-order valence-electron chi connectivity index (χ4n) is 2.82. The van der Waals surface area contributed by atoms with Crippen molar-refractivity contribution in [2.24, 2.45) is 0 Å². The summed E-state index contributed by atoms with van der Waals surface area (Å²) in [6, 6.07) is 14.2. The van der Waals surface area contributed by atoms with E-state index >= 15 is 0 Å². The summed E-state index contributed by atoms with van der Waals surface area (Å²) in [5, 5.41) is 14.2. The van der Waals surface area contributed by atoms with Crippen molar-refractivity contribution in [1.29, 1.82) is 0 Å². The van der Waals surface area contributed by atoms with Crippen LogP contribution in [0.5, 0.6) is 5.75 Å². The van der Waals surface area contributed by atoms with Crippen LogP contribution in [0.1, 0.15) is 29.0 Å². The van der Waals surface area contributed by atoms with Crippen LogP contribution in [0.2, 0.25) is 5.02 Å². The van der Waals surface area contributed by atoms with Gasteiger partial charge in [-0.15, -0.1) is 5.10 Å². The average Bonchev–Trinajstić information content (AvgIpc) is 3.14. The van der Waals surface area contributed by atoms with Gasteiger partial charge in [0.15, 0.2) is 5.69 Å². The molecule has 9 heteroatoms. The zero-order valence-electron chi connectivity index (χ0n) is 16.7. The van der Waals surface area contributed by atoms with Crippen LogP contribution >= 0.6 is 11.6 Å². The van der Waals surface area contributed by atoms with E-state index in [2.05, 4.69) is 20.9 Å². The van der Waals surface area contributed by atoms with Crippen LogP contribution < -0.4 is 15.4 Å². The molecule has 0 radical (unpaired) electrons. The minimum Gasteiger partial charge on any atom is -0.497 e. The lowest BCUT2D eigenvalue weighted by atomic mass is 10.2. The predicted molar refractivity (Wildman–Crippen MR) is 114 cm³/mol. The molecule has 0 spiro atoms. The van der Waals surface area contributed by atoms with Crippen LogP contribution in [0.25, 0.3) is 5.69 Å². The highest BCUT2D eigenvalue weighted by atomic mass is 35.5. The summed E-state index contributed by atoms with van der Waals surface area (Å²) in [7, 11) is 1.59. The summed E-state index contributed by atoms with van der Waals surface area (Å²) < 4.78 is 6.80. The van der Waals surface area contributed by atoms with Crippen LogP contribution in [0.4, 0.5) is 5.69 Å². The molecule has 2 N–H and O–H groups in total. The molecule has 0 saturated heterocycles. The number of nitrogens with one attached hydrogen (secondary N) is 2. The number of carbonyl (C=O) groups excluding carboxylic acids is 2. The van der Waals surface area contributed by atoms with E-state index in [1.165, 1.54) is 0 Å². The molecule has 1 heterocycles. The summed E-state index contributed by atoms with van der Waals surface area (Å²) in [5.41, 5.74) is 2.28. The molecule has 0 atom stereocenters. The van der Waals surface area contributed by atoms with Crippen molar-refractivity contribution in [2.75, 3.05) is 19.0 Å².